The molecule has 0 aliphatic carbocycles. The predicted octanol–water partition coefficient (Wildman–Crippen LogP) is 2.12. The van der Waals surface area contributed by atoms with E-state index < -0.39 is 16.4 Å². The monoisotopic (exact) mass is 207 g/mol. The number of H-pyrrole nitrogens is 1. The van der Waals surface area contributed by atoms with E-state index in [4.69, 9.17) is 0 Å². The standard InChI is InChI=1S/C9H6FN3O2/c10-9-6(7-4-11-5-12-7)2-1-3-8(9)13(14)15/h1-5H,(H,11,12). The van der Waals surface area contributed by atoms with E-state index in [1.165, 1.54) is 24.7 Å². The van der Waals surface area contributed by atoms with E-state index in [1.807, 2.05) is 0 Å². The van der Waals surface area contributed by atoms with E-state index in [0.29, 0.717) is 5.69 Å². The van der Waals surface area contributed by atoms with Crippen LogP contribution in [0.2, 0.25) is 0 Å². The summed E-state index contributed by atoms with van der Waals surface area (Å²) in [4.78, 5) is 16.1. The van der Waals surface area contributed by atoms with Crippen LogP contribution in [-0.2, 0) is 0 Å². The normalized spacial score (nSPS) is 10.2. The van der Waals surface area contributed by atoms with Gasteiger partial charge in [-0.25, -0.2) is 4.98 Å². The van der Waals surface area contributed by atoms with Crippen molar-refractivity contribution < 1.29 is 9.31 Å². The minimum Gasteiger partial charge on any atom is -0.345 e. The van der Waals surface area contributed by atoms with Gasteiger partial charge in [0.05, 0.1) is 23.1 Å². The molecular weight excluding hydrogens is 201 g/mol. The molecule has 0 radical (unpaired) electrons. The molecular formula is C9H6FN3O2. The molecule has 1 heterocycles. The first-order valence-electron chi connectivity index (χ1n) is 4.12. The lowest BCUT2D eigenvalue weighted by Crippen LogP contribution is -1.94. The Morgan fingerprint density at radius 2 is 2.27 bits per heavy atom. The Morgan fingerprint density at radius 3 is 2.87 bits per heavy atom. The third-order valence-electron chi connectivity index (χ3n) is 1.96. The summed E-state index contributed by atoms with van der Waals surface area (Å²) in [5.41, 5.74) is 0.0139. The number of imidazole rings is 1. The molecule has 2 aromatic rings. The molecule has 0 fully saturated rings. The fraction of sp³-hybridized carbons (Fsp3) is 0. The van der Waals surface area contributed by atoms with Crippen molar-refractivity contribution in [2.24, 2.45) is 0 Å². The Balaban J connectivity index is 2.59. The number of hydrogen-bond donors (Lipinski definition) is 1. The summed E-state index contributed by atoms with van der Waals surface area (Å²) in [6, 6.07) is 4.00. The molecule has 0 spiro atoms. The van der Waals surface area contributed by atoms with Crippen LogP contribution in [0.1, 0.15) is 0 Å². The van der Waals surface area contributed by atoms with E-state index in [2.05, 4.69) is 9.97 Å². The molecule has 0 bridgehead atoms. The highest BCUT2D eigenvalue weighted by Gasteiger charge is 2.18. The summed E-state index contributed by atoms with van der Waals surface area (Å²) in [5.74, 6) is -0.855. The molecule has 0 saturated carbocycles. The average Bonchev–Trinajstić information content (AvgIpc) is 2.70. The van der Waals surface area contributed by atoms with Crippen LogP contribution in [0.25, 0.3) is 11.3 Å². The van der Waals surface area contributed by atoms with Gasteiger partial charge >= 0.3 is 5.69 Å². The summed E-state index contributed by atoms with van der Waals surface area (Å²) in [7, 11) is 0. The molecule has 1 aromatic heterocycles. The lowest BCUT2D eigenvalue weighted by Gasteiger charge is -1.99. The number of nitrogens with zero attached hydrogens (tertiary/aromatic N) is 2. The van der Waals surface area contributed by atoms with Crippen LogP contribution in [0.4, 0.5) is 10.1 Å². The summed E-state index contributed by atoms with van der Waals surface area (Å²) in [6.45, 7) is 0. The van der Waals surface area contributed by atoms with Gasteiger partial charge in [-0.2, -0.15) is 4.39 Å². The van der Waals surface area contributed by atoms with Crippen LogP contribution in [0.3, 0.4) is 0 Å². The third kappa shape index (κ3) is 1.56. The zero-order chi connectivity index (χ0) is 10.8. The van der Waals surface area contributed by atoms with Crippen molar-refractivity contribution in [3.63, 3.8) is 0 Å². The fourth-order valence-electron chi connectivity index (χ4n) is 1.27. The molecule has 0 unspecified atom stereocenters. The van der Waals surface area contributed by atoms with Crippen molar-refractivity contribution in [1.29, 1.82) is 0 Å². The van der Waals surface area contributed by atoms with Gasteiger partial charge in [-0.05, 0) is 6.07 Å². The van der Waals surface area contributed by atoms with Gasteiger partial charge < -0.3 is 4.98 Å². The second-order valence-corrected chi connectivity index (χ2v) is 2.86. The molecule has 2 rings (SSSR count). The van der Waals surface area contributed by atoms with Crippen LogP contribution in [0.5, 0.6) is 0 Å². The molecule has 0 atom stereocenters. The van der Waals surface area contributed by atoms with Crippen LogP contribution >= 0.6 is 0 Å². The summed E-state index contributed by atoms with van der Waals surface area (Å²) in [5, 5.41) is 10.5. The van der Waals surface area contributed by atoms with Crippen LogP contribution < -0.4 is 0 Å². The first-order valence-corrected chi connectivity index (χ1v) is 4.12. The number of halogens is 1. The van der Waals surface area contributed by atoms with E-state index in [1.54, 1.807) is 0 Å². The number of nitrogens with one attached hydrogen (secondary N) is 1. The van der Waals surface area contributed by atoms with Crippen molar-refractivity contribution in [3.05, 3.63) is 46.7 Å². The number of benzene rings is 1. The van der Waals surface area contributed by atoms with Gasteiger partial charge in [0, 0.05) is 11.6 Å². The largest absolute Gasteiger partial charge is 0.345 e. The SMILES string of the molecule is O=[N+]([O-])c1cccc(-c2cnc[nH]2)c1F. The average molecular weight is 207 g/mol. The molecule has 1 aromatic carbocycles. The molecule has 0 amide bonds. The number of aromatic nitrogens is 2. The van der Waals surface area contributed by atoms with E-state index in [0.717, 1.165) is 6.07 Å². The van der Waals surface area contributed by atoms with E-state index in [-0.39, 0.29) is 5.56 Å². The maximum absolute atomic E-state index is 13.6. The van der Waals surface area contributed by atoms with Gasteiger partial charge in [-0.15, -0.1) is 0 Å². The highest BCUT2D eigenvalue weighted by molar-refractivity contribution is 5.62. The lowest BCUT2D eigenvalue weighted by atomic mass is 10.1. The van der Waals surface area contributed by atoms with Crippen molar-refractivity contribution in [3.8, 4) is 11.3 Å². The lowest BCUT2D eigenvalue weighted by molar-refractivity contribution is -0.387. The van der Waals surface area contributed by atoms with Gasteiger partial charge in [-0.1, -0.05) is 6.07 Å². The van der Waals surface area contributed by atoms with Crippen LogP contribution in [-0.4, -0.2) is 14.9 Å². The second-order valence-electron chi connectivity index (χ2n) is 2.86. The Morgan fingerprint density at radius 1 is 1.47 bits per heavy atom. The van der Waals surface area contributed by atoms with Gasteiger partial charge in [0.2, 0.25) is 5.82 Å². The van der Waals surface area contributed by atoms with Gasteiger partial charge in [0.1, 0.15) is 0 Å². The highest BCUT2D eigenvalue weighted by Crippen LogP contribution is 2.26. The predicted molar refractivity (Wildman–Crippen MR) is 50.6 cm³/mol. The van der Waals surface area contributed by atoms with Gasteiger partial charge in [0.15, 0.2) is 0 Å². The van der Waals surface area contributed by atoms with Gasteiger partial charge in [0.25, 0.3) is 0 Å². The first-order chi connectivity index (χ1) is 7.20. The van der Waals surface area contributed by atoms with Crippen LogP contribution in [0, 0.1) is 15.9 Å². The molecule has 0 aliphatic heterocycles. The van der Waals surface area contributed by atoms with E-state index in [9.17, 15) is 14.5 Å². The number of hydrogen-bond acceptors (Lipinski definition) is 3. The minimum absolute atomic E-state index is 0.140. The Bertz CT molecular complexity index is 496. The first kappa shape index (κ1) is 9.32. The Kier molecular flexibility index (Phi) is 2.17. The molecule has 0 saturated heterocycles. The van der Waals surface area contributed by atoms with Crippen LogP contribution in [0.15, 0.2) is 30.7 Å². The third-order valence-corrected chi connectivity index (χ3v) is 1.96. The Hall–Kier alpha value is -2.24. The quantitative estimate of drug-likeness (QED) is 0.605. The molecule has 0 aliphatic rings. The van der Waals surface area contributed by atoms with Crippen molar-refractivity contribution in [2.45, 2.75) is 0 Å². The molecule has 15 heavy (non-hydrogen) atoms. The second kappa shape index (κ2) is 3.49. The smallest absolute Gasteiger partial charge is 0.305 e. The Labute approximate surface area is 83.7 Å². The zero-order valence-electron chi connectivity index (χ0n) is 7.48. The topological polar surface area (TPSA) is 71.8 Å². The maximum Gasteiger partial charge on any atom is 0.305 e. The van der Waals surface area contributed by atoms with Gasteiger partial charge in [-0.3, -0.25) is 10.1 Å². The molecule has 6 heteroatoms. The molecule has 76 valence electrons. The zero-order valence-corrected chi connectivity index (χ0v) is 7.48. The molecule has 5 nitrogen and oxygen atoms in total. The summed E-state index contributed by atoms with van der Waals surface area (Å²) < 4.78 is 13.6. The number of rotatable bonds is 2. The summed E-state index contributed by atoms with van der Waals surface area (Å²) in [6.07, 6.45) is 2.79. The minimum atomic E-state index is -0.855. The fourth-order valence-corrected chi connectivity index (χ4v) is 1.27. The van der Waals surface area contributed by atoms with Crippen molar-refractivity contribution in [2.75, 3.05) is 0 Å². The maximum atomic E-state index is 13.6. The number of nitro benzene ring substituents is 1. The highest BCUT2D eigenvalue weighted by atomic mass is 19.1. The molecule has 1 N–H and O–H groups in total. The summed E-state index contributed by atoms with van der Waals surface area (Å²) >= 11 is 0. The van der Waals surface area contributed by atoms with Crippen molar-refractivity contribution in [1.82, 2.24) is 9.97 Å². The van der Waals surface area contributed by atoms with E-state index >= 15 is 0 Å². The number of nitro groups is 1. The van der Waals surface area contributed by atoms with Crippen molar-refractivity contribution >= 4 is 5.69 Å². The number of aromatic amines is 1.